The van der Waals surface area contributed by atoms with Crippen molar-refractivity contribution in [3.8, 4) is 11.4 Å². The molecule has 1 aliphatic rings. The maximum Gasteiger partial charge on any atom is 0.418 e. The summed E-state index contributed by atoms with van der Waals surface area (Å²) in [7, 11) is 0. The SMILES string of the molecule is CC1(C)Oc2c(ncnc2Nc2ccc(NC(=O)Nc3cc(C(C)(C)C)nn3-c3ccccc3)c(C(F)(F)F)c2)NC1=O. The number of rotatable bonds is 5. The molecule has 224 valence electrons. The third kappa shape index (κ3) is 6.22. The molecule has 0 saturated heterocycles. The van der Waals surface area contributed by atoms with Crippen LogP contribution >= 0.6 is 0 Å². The minimum absolute atomic E-state index is 0.00876. The Kier molecular flexibility index (Phi) is 7.24. The lowest BCUT2D eigenvalue weighted by Crippen LogP contribution is -2.46. The van der Waals surface area contributed by atoms with Gasteiger partial charge in [-0.15, -0.1) is 0 Å². The van der Waals surface area contributed by atoms with Gasteiger partial charge >= 0.3 is 12.2 Å². The van der Waals surface area contributed by atoms with Crippen LogP contribution in [0.2, 0.25) is 0 Å². The molecule has 0 atom stereocenters. The Bertz CT molecular complexity index is 1700. The first kappa shape index (κ1) is 29.4. The van der Waals surface area contributed by atoms with Crippen LogP contribution in [0.5, 0.6) is 5.75 Å². The van der Waals surface area contributed by atoms with Gasteiger partial charge < -0.3 is 20.7 Å². The molecule has 0 radical (unpaired) electrons. The van der Waals surface area contributed by atoms with Gasteiger partial charge in [0.25, 0.3) is 5.91 Å². The molecule has 14 heteroatoms. The van der Waals surface area contributed by atoms with Crippen molar-refractivity contribution in [2.45, 2.75) is 51.8 Å². The molecule has 11 nitrogen and oxygen atoms in total. The molecule has 0 saturated carbocycles. The van der Waals surface area contributed by atoms with Gasteiger partial charge in [0, 0.05) is 17.2 Å². The number of halogens is 3. The van der Waals surface area contributed by atoms with E-state index < -0.39 is 35.0 Å². The number of fused-ring (bicyclic) bond motifs is 1. The average Bonchev–Trinajstić information content (AvgIpc) is 3.35. The summed E-state index contributed by atoms with van der Waals surface area (Å²) in [6, 6.07) is 13.1. The van der Waals surface area contributed by atoms with Crippen LogP contribution in [0.25, 0.3) is 5.69 Å². The number of nitrogens with one attached hydrogen (secondary N) is 4. The van der Waals surface area contributed by atoms with Gasteiger partial charge in [0.05, 0.1) is 22.6 Å². The van der Waals surface area contributed by atoms with Crippen LogP contribution in [-0.4, -0.2) is 37.3 Å². The molecule has 0 unspecified atom stereocenters. The second-order valence-electron chi connectivity index (χ2n) is 11.3. The summed E-state index contributed by atoms with van der Waals surface area (Å²) >= 11 is 0. The van der Waals surface area contributed by atoms with Gasteiger partial charge in [0.2, 0.25) is 5.75 Å². The number of alkyl halides is 3. The molecule has 0 spiro atoms. The van der Waals surface area contributed by atoms with E-state index in [-0.39, 0.29) is 34.3 Å². The number of hydrogen-bond donors (Lipinski definition) is 4. The number of para-hydroxylation sites is 1. The lowest BCUT2D eigenvalue weighted by molar-refractivity contribution is -0.136. The van der Waals surface area contributed by atoms with Crippen molar-refractivity contribution in [2.75, 3.05) is 21.3 Å². The lowest BCUT2D eigenvalue weighted by atomic mass is 9.92. The highest BCUT2D eigenvalue weighted by Gasteiger charge is 2.38. The van der Waals surface area contributed by atoms with Crippen molar-refractivity contribution in [1.29, 1.82) is 0 Å². The Morgan fingerprint density at radius 1 is 1.00 bits per heavy atom. The Morgan fingerprint density at radius 3 is 2.40 bits per heavy atom. The van der Waals surface area contributed by atoms with E-state index >= 15 is 0 Å². The maximum atomic E-state index is 14.2. The normalized spacial score (nSPS) is 14.3. The Balaban J connectivity index is 1.41. The molecule has 0 aliphatic carbocycles. The zero-order valence-corrected chi connectivity index (χ0v) is 23.9. The van der Waals surface area contributed by atoms with Gasteiger partial charge in [-0.3, -0.25) is 10.1 Å². The number of hydrogen-bond acceptors (Lipinski definition) is 7. The van der Waals surface area contributed by atoms with Crippen LogP contribution in [0.4, 0.5) is 46.8 Å². The third-order valence-corrected chi connectivity index (χ3v) is 6.50. The molecule has 5 rings (SSSR count). The number of ether oxygens (including phenoxy) is 1. The fraction of sp³-hybridized carbons (Fsp3) is 0.276. The fourth-order valence-corrected chi connectivity index (χ4v) is 4.18. The Morgan fingerprint density at radius 2 is 1.72 bits per heavy atom. The largest absolute Gasteiger partial charge is 0.470 e. The van der Waals surface area contributed by atoms with E-state index in [1.165, 1.54) is 24.6 Å². The summed E-state index contributed by atoms with van der Waals surface area (Å²) in [6.45, 7) is 8.94. The van der Waals surface area contributed by atoms with E-state index in [2.05, 4.69) is 36.3 Å². The molecular weight excluding hydrogens is 565 g/mol. The van der Waals surface area contributed by atoms with Gasteiger partial charge in [-0.05, 0) is 44.2 Å². The number of anilines is 5. The number of amides is 3. The van der Waals surface area contributed by atoms with Gasteiger partial charge in [-0.1, -0.05) is 39.0 Å². The smallest absolute Gasteiger partial charge is 0.418 e. The number of aromatic nitrogens is 4. The van der Waals surface area contributed by atoms with E-state index in [9.17, 15) is 22.8 Å². The predicted molar refractivity (Wildman–Crippen MR) is 155 cm³/mol. The summed E-state index contributed by atoms with van der Waals surface area (Å²) in [5.41, 5.74) is -1.82. The van der Waals surface area contributed by atoms with Crippen LogP contribution in [0, 0.1) is 0 Å². The predicted octanol–water partition coefficient (Wildman–Crippen LogP) is 6.48. The summed E-state index contributed by atoms with van der Waals surface area (Å²) in [5, 5.41) is 14.9. The van der Waals surface area contributed by atoms with Gasteiger partial charge in [0.15, 0.2) is 17.2 Å². The number of nitrogens with zero attached hydrogens (tertiary/aromatic N) is 4. The van der Waals surface area contributed by atoms with Crippen molar-refractivity contribution in [3.05, 3.63) is 72.2 Å². The highest BCUT2D eigenvalue weighted by molar-refractivity contribution is 6.01. The standard InChI is InChI=1S/C29H29F3N8O3/c1-27(2,3)20-14-21(40(39-20)17-9-7-6-8-10-17)37-26(42)36-19-12-11-16(13-18(19)29(30,31)32)35-23-22-24(34-15-33-23)38-25(41)28(4,5)43-22/h6-15H,1-5H3,(H2,36,37,42)(H2,33,34,35,38,41). The van der Waals surface area contributed by atoms with Crippen molar-refractivity contribution in [2.24, 2.45) is 0 Å². The molecule has 0 bridgehead atoms. The van der Waals surface area contributed by atoms with E-state index in [1.807, 2.05) is 39.0 Å². The van der Waals surface area contributed by atoms with Crippen molar-refractivity contribution in [3.63, 3.8) is 0 Å². The number of urea groups is 1. The van der Waals surface area contributed by atoms with E-state index in [4.69, 9.17) is 4.74 Å². The molecule has 43 heavy (non-hydrogen) atoms. The second-order valence-corrected chi connectivity index (χ2v) is 11.3. The molecule has 2 aromatic heterocycles. The maximum absolute atomic E-state index is 14.2. The molecule has 2 aromatic carbocycles. The topological polar surface area (TPSA) is 135 Å². The molecule has 1 aliphatic heterocycles. The van der Waals surface area contributed by atoms with Crippen LogP contribution in [0.1, 0.15) is 45.9 Å². The third-order valence-electron chi connectivity index (χ3n) is 6.50. The highest BCUT2D eigenvalue weighted by atomic mass is 19.4. The zero-order valence-electron chi connectivity index (χ0n) is 23.9. The van der Waals surface area contributed by atoms with E-state index in [1.54, 1.807) is 18.2 Å². The monoisotopic (exact) mass is 594 g/mol. The molecule has 3 amide bonds. The van der Waals surface area contributed by atoms with Crippen molar-refractivity contribution < 1.29 is 27.5 Å². The lowest BCUT2D eigenvalue weighted by Gasteiger charge is -2.31. The molecule has 3 heterocycles. The van der Waals surface area contributed by atoms with E-state index in [0.717, 1.165) is 18.5 Å². The Labute approximate surface area is 244 Å². The fourth-order valence-electron chi connectivity index (χ4n) is 4.18. The molecule has 4 aromatic rings. The number of carbonyl (C=O) groups is 2. The van der Waals surface area contributed by atoms with Crippen molar-refractivity contribution >= 4 is 40.8 Å². The second kappa shape index (κ2) is 10.6. The molecule has 0 fully saturated rings. The number of benzene rings is 2. The quantitative estimate of drug-likeness (QED) is 0.208. The first-order valence-electron chi connectivity index (χ1n) is 13.2. The van der Waals surface area contributed by atoms with Crippen LogP contribution in [0.15, 0.2) is 60.9 Å². The summed E-state index contributed by atoms with van der Waals surface area (Å²) in [5.74, 6) is 0.0562. The molecule has 4 N–H and O–H groups in total. The minimum Gasteiger partial charge on any atom is -0.470 e. The van der Waals surface area contributed by atoms with Crippen LogP contribution in [0.3, 0.4) is 0 Å². The summed E-state index contributed by atoms with van der Waals surface area (Å²) in [4.78, 5) is 33.2. The van der Waals surface area contributed by atoms with Crippen molar-refractivity contribution in [1.82, 2.24) is 19.7 Å². The van der Waals surface area contributed by atoms with Gasteiger partial charge in [0.1, 0.15) is 12.1 Å². The summed E-state index contributed by atoms with van der Waals surface area (Å²) < 4.78 is 49.8. The van der Waals surface area contributed by atoms with Gasteiger partial charge in [-0.2, -0.15) is 18.3 Å². The Hall–Kier alpha value is -5.14. The average molecular weight is 595 g/mol. The van der Waals surface area contributed by atoms with Crippen LogP contribution in [-0.2, 0) is 16.4 Å². The highest BCUT2D eigenvalue weighted by Crippen LogP contribution is 2.40. The first-order valence-corrected chi connectivity index (χ1v) is 13.2. The minimum atomic E-state index is -4.82. The summed E-state index contributed by atoms with van der Waals surface area (Å²) in [6.07, 6.45) is -3.68. The van der Waals surface area contributed by atoms with E-state index in [0.29, 0.717) is 11.4 Å². The first-order chi connectivity index (χ1) is 20.1. The van der Waals surface area contributed by atoms with Gasteiger partial charge in [-0.25, -0.2) is 19.4 Å². The van der Waals surface area contributed by atoms with Crippen LogP contribution < -0.4 is 26.0 Å². The zero-order chi connectivity index (χ0) is 31.2. The number of carbonyl (C=O) groups excluding carboxylic acids is 2. The molecular formula is C29H29F3N8O3.